The Morgan fingerprint density at radius 2 is 1.68 bits per heavy atom. The van der Waals surface area contributed by atoms with Crippen molar-refractivity contribution in [2.24, 2.45) is 11.8 Å². The zero-order chi connectivity index (χ0) is 16.1. The van der Waals surface area contributed by atoms with Crippen molar-refractivity contribution in [2.75, 3.05) is 13.1 Å². The fraction of sp³-hybridized carbons (Fsp3) is 0.941. The van der Waals surface area contributed by atoms with Crippen molar-refractivity contribution < 1.29 is 14.3 Å². The predicted octanol–water partition coefficient (Wildman–Crippen LogP) is 2.40. The van der Waals surface area contributed by atoms with Crippen molar-refractivity contribution in [3.8, 4) is 0 Å². The van der Waals surface area contributed by atoms with Gasteiger partial charge in [-0.1, -0.05) is 0 Å². The second kappa shape index (κ2) is 5.68. The zero-order valence-corrected chi connectivity index (χ0v) is 14.5. The summed E-state index contributed by atoms with van der Waals surface area (Å²) < 4.78 is 11.3. The highest BCUT2D eigenvalue weighted by Gasteiger charge is 2.57. The van der Waals surface area contributed by atoms with Gasteiger partial charge in [0.05, 0.1) is 12.2 Å². The lowest BCUT2D eigenvalue weighted by Gasteiger charge is -2.33. The molecule has 22 heavy (non-hydrogen) atoms. The SMILES string of the molecule is CC1CC(NC2C3CN(C(=O)OC(C)(C)C)CC32)CC(C)O1. The van der Waals surface area contributed by atoms with Crippen molar-refractivity contribution in [3.05, 3.63) is 0 Å². The van der Waals surface area contributed by atoms with Crippen LogP contribution in [-0.4, -0.2) is 54.0 Å². The van der Waals surface area contributed by atoms with Crippen LogP contribution in [0.2, 0.25) is 0 Å². The molecule has 3 rings (SSSR count). The molecule has 2 aliphatic heterocycles. The van der Waals surface area contributed by atoms with E-state index < -0.39 is 5.60 Å². The quantitative estimate of drug-likeness (QED) is 0.851. The molecule has 1 amide bonds. The van der Waals surface area contributed by atoms with Crippen molar-refractivity contribution in [1.82, 2.24) is 10.2 Å². The molecule has 126 valence electrons. The first-order valence-electron chi connectivity index (χ1n) is 8.62. The molecule has 0 aromatic heterocycles. The summed E-state index contributed by atoms with van der Waals surface area (Å²) in [5, 5.41) is 3.80. The van der Waals surface area contributed by atoms with Gasteiger partial charge in [0, 0.05) is 25.2 Å². The largest absolute Gasteiger partial charge is 0.444 e. The molecule has 4 atom stereocenters. The number of hydrogen-bond donors (Lipinski definition) is 1. The minimum atomic E-state index is -0.407. The molecule has 5 nitrogen and oxygen atoms in total. The maximum Gasteiger partial charge on any atom is 0.410 e. The fourth-order valence-corrected chi connectivity index (χ4v) is 4.06. The van der Waals surface area contributed by atoms with Crippen LogP contribution in [0.4, 0.5) is 4.79 Å². The number of fused-ring (bicyclic) bond motifs is 1. The molecule has 0 aromatic carbocycles. The standard InChI is InChI=1S/C17H30N2O3/c1-10-6-12(7-11(2)21-10)18-15-13-8-19(9-14(13)15)16(20)22-17(3,4)5/h10-15,18H,6-9H2,1-5H3. The molecule has 0 aromatic rings. The summed E-state index contributed by atoms with van der Waals surface area (Å²) in [7, 11) is 0. The maximum atomic E-state index is 12.1. The van der Waals surface area contributed by atoms with Gasteiger partial charge in [0.15, 0.2) is 0 Å². The molecular weight excluding hydrogens is 280 g/mol. The summed E-state index contributed by atoms with van der Waals surface area (Å²) in [6.45, 7) is 11.7. The first-order valence-corrected chi connectivity index (χ1v) is 8.62. The number of rotatable bonds is 2. The molecule has 4 unspecified atom stereocenters. The van der Waals surface area contributed by atoms with E-state index in [1.807, 2.05) is 25.7 Å². The van der Waals surface area contributed by atoms with Crippen LogP contribution in [0.15, 0.2) is 0 Å². The Hall–Kier alpha value is -0.810. The molecule has 2 saturated heterocycles. The molecule has 3 aliphatic rings. The molecule has 1 N–H and O–H groups in total. The number of nitrogens with zero attached hydrogens (tertiary/aromatic N) is 1. The first kappa shape index (κ1) is 16.1. The van der Waals surface area contributed by atoms with Gasteiger partial charge in [-0.3, -0.25) is 0 Å². The number of piperidine rings is 1. The number of likely N-dealkylation sites (tertiary alicyclic amines) is 1. The number of carbonyl (C=O) groups excluding carboxylic acids is 1. The van der Waals surface area contributed by atoms with E-state index in [-0.39, 0.29) is 6.09 Å². The van der Waals surface area contributed by atoms with Crippen molar-refractivity contribution >= 4 is 6.09 Å². The van der Waals surface area contributed by atoms with Gasteiger partial charge < -0.3 is 19.7 Å². The highest BCUT2D eigenvalue weighted by molar-refractivity contribution is 5.69. The lowest BCUT2D eigenvalue weighted by molar-refractivity contribution is -0.0428. The molecule has 2 heterocycles. The van der Waals surface area contributed by atoms with Crippen molar-refractivity contribution in [3.63, 3.8) is 0 Å². The van der Waals surface area contributed by atoms with Gasteiger partial charge in [-0.2, -0.15) is 0 Å². The van der Waals surface area contributed by atoms with E-state index in [2.05, 4.69) is 19.2 Å². The van der Waals surface area contributed by atoms with Crippen molar-refractivity contribution in [1.29, 1.82) is 0 Å². The van der Waals surface area contributed by atoms with Gasteiger partial charge in [-0.15, -0.1) is 0 Å². The Morgan fingerprint density at radius 1 is 1.14 bits per heavy atom. The highest BCUT2D eigenvalue weighted by Crippen LogP contribution is 2.46. The van der Waals surface area contributed by atoms with Gasteiger partial charge in [-0.25, -0.2) is 4.79 Å². The Morgan fingerprint density at radius 3 is 2.18 bits per heavy atom. The average Bonchev–Trinajstić information content (AvgIpc) is 2.81. The van der Waals surface area contributed by atoms with E-state index in [0.717, 1.165) is 25.9 Å². The summed E-state index contributed by atoms with van der Waals surface area (Å²) in [4.78, 5) is 13.9. The maximum absolute atomic E-state index is 12.1. The van der Waals surface area contributed by atoms with Crippen LogP contribution in [-0.2, 0) is 9.47 Å². The third-order valence-electron chi connectivity index (χ3n) is 4.97. The smallest absolute Gasteiger partial charge is 0.410 e. The number of carbonyl (C=O) groups is 1. The summed E-state index contributed by atoms with van der Waals surface area (Å²) in [6.07, 6.45) is 2.72. The predicted molar refractivity (Wildman–Crippen MR) is 84.7 cm³/mol. The minimum absolute atomic E-state index is 0.160. The minimum Gasteiger partial charge on any atom is -0.444 e. The van der Waals surface area contributed by atoms with Crippen LogP contribution in [0.1, 0.15) is 47.5 Å². The second-order valence-electron chi connectivity index (χ2n) is 8.33. The van der Waals surface area contributed by atoms with Crippen LogP contribution < -0.4 is 5.32 Å². The second-order valence-corrected chi connectivity index (χ2v) is 8.33. The molecule has 1 saturated carbocycles. The van der Waals surface area contributed by atoms with Gasteiger partial charge >= 0.3 is 6.09 Å². The zero-order valence-electron chi connectivity index (χ0n) is 14.5. The lowest BCUT2D eigenvalue weighted by Crippen LogP contribution is -2.45. The number of nitrogens with one attached hydrogen (secondary N) is 1. The van der Waals surface area contributed by atoms with Crippen molar-refractivity contribution in [2.45, 2.75) is 77.4 Å². The molecule has 3 fully saturated rings. The highest BCUT2D eigenvalue weighted by atomic mass is 16.6. The Kier molecular flexibility index (Phi) is 4.14. The third-order valence-corrected chi connectivity index (χ3v) is 4.97. The van der Waals surface area contributed by atoms with E-state index in [0.29, 0.717) is 36.1 Å². The monoisotopic (exact) mass is 310 g/mol. The summed E-state index contributed by atoms with van der Waals surface area (Å²) >= 11 is 0. The Bertz CT molecular complexity index is 412. The lowest BCUT2D eigenvalue weighted by atomic mass is 9.99. The van der Waals surface area contributed by atoms with E-state index >= 15 is 0 Å². The van der Waals surface area contributed by atoms with E-state index in [1.54, 1.807) is 0 Å². The van der Waals surface area contributed by atoms with Crippen LogP contribution in [0.3, 0.4) is 0 Å². The first-order chi connectivity index (χ1) is 10.2. The topological polar surface area (TPSA) is 50.8 Å². The van der Waals surface area contributed by atoms with E-state index in [4.69, 9.17) is 9.47 Å². The number of ether oxygens (including phenoxy) is 2. The summed E-state index contributed by atoms with van der Waals surface area (Å²) in [5.41, 5.74) is -0.407. The van der Waals surface area contributed by atoms with Gasteiger partial charge in [0.25, 0.3) is 0 Å². The molecule has 0 spiro atoms. The Labute approximate surface area is 133 Å². The molecular formula is C17H30N2O3. The number of amides is 1. The van der Waals surface area contributed by atoms with Gasteiger partial charge in [0.1, 0.15) is 5.60 Å². The van der Waals surface area contributed by atoms with Crippen LogP contribution in [0.5, 0.6) is 0 Å². The third kappa shape index (κ3) is 3.57. The summed E-state index contributed by atoms with van der Waals surface area (Å²) in [6, 6.07) is 1.14. The average molecular weight is 310 g/mol. The normalized spacial score (nSPS) is 41.2. The van der Waals surface area contributed by atoms with Crippen LogP contribution >= 0.6 is 0 Å². The number of hydrogen-bond acceptors (Lipinski definition) is 4. The molecule has 5 heteroatoms. The molecule has 0 bridgehead atoms. The van der Waals surface area contributed by atoms with E-state index in [1.165, 1.54) is 0 Å². The van der Waals surface area contributed by atoms with Gasteiger partial charge in [-0.05, 0) is 59.3 Å². The fourth-order valence-electron chi connectivity index (χ4n) is 4.06. The molecule has 1 aliphatic carbocycles. The van der Waals surface area contributed by atoms with Crippen LogP contribution in [0.25, 0.3) is 0 Å². The summed E-state index contributed by atoms with van der Waals surface area (Å²) in [5.74, 6) is 1.22. The van der Waals surface area contributed by atoms with E-state index in [9.17, 15) is 4.79 Å². The molecule has 0 radical (unpaired) electrons. The Balaban J connectivity index is 1.44. The van der Waals surface area contributed by atoms with Gasteiger partial charge in [0.2, 0.25) is 0 Å². The van der Waals surface area contributed by atoms with Crippen LogP contribution in [0, 0.1) is 11.8 Å².